The molecule has 1 aliphatic rings. The number of hydrogen-bond donors (Lipinski definition) is 2. The van der Waals surface area contributed by atoms with Gasteiger partial charge in [0.05, 0.1) is 18.1 Å². The lowest BCUT2D eigenvalue weighted by molar-refractivity contribution is 0.102. The zero-order chi connectivity index (χ0) is 21.2. The quantitative estimate of drug-likeness (QED) is 0.521. The molecule has 31 heavy (non-hydrogen) atoms. The van der Waals surface area contributed by atoms with E-state index in [1.165, 1.54) is 0 Å². The molecule has 0 bridgehead atoms. The first-order valence-corrected chi connectivity index (χ1v) is 10.0. The number of aromatic amines is 1. The summed E-state index contributed by atoms with van der Waals surface area (Å²) >= 11 is 0. The number of hydrogen-bond acceptors (Lipinski definition) is 8. The Morgan fingerprint density at radius 3 is 2.65 bits per heavy atom. The van der Waals surface area contributed by atoms with Gasteiger partial charge in [-0.05, 0) is 25.1 Å². The third-order valence-electron chi connectivity index (χ3n) is 5.26. The molecule has 10 heteroatoms. The highest BCUT2D eigenvalue weighted by Gasteiger charge is 2.26. The summed E-state index contributed by atoms with van der Waals surface area (Å²) < 4.78 is 0. The molecule has 0 saturated carbocycles. The second kappa shape index (κ2) is 7.98. The van der Waals surface area contributed by atoms with Gasteiger partial charge in [-0.3, -0.25) is 9.78 Å². The molecule has 1 aliphatic heterocycles. The van der Waals surface area contributed by atoms with E-state index >= 15 is 0 Å². The van der Waals surface area contributed by atoms with Crippen molar-refractivity contribution in [2.45, 2.75) is 13.0 Å². The molecule has 10 nitrogen and oxygen atoms in total. The highest BCUT2D eigenvalue weighted by atomic mass is 16.1. The minimum atomic E-state index is -0.298. The Balaban J connectivity index is 1.24. The van der Waals surface area contributed by atoms with Crippen molar-refractivity contribution >= 4 is 34.5 Å². The minimum Gasteiger partial charge on any atom is -0.353 e. The number of aromatic nitrogens is 6. The van der Waals surface area contributed by atoms with E-state index in [2.05, 4.69) is 51.9 Å². The predicted molar refractivity (Wildman–Crippen MR) is 117 cm³/mol. The van der Waals surface area contributed by atoms with Crippen molar-refractivity contribution < 1.29 is 4.79 Å². The summed E-state index contributed by atoms with van der Waals surface area (Å²) in [5, 5.41) is 2.80. The zero-order valence-corrected chi connectivity index (χ0v) is 16.9. The van der Waals surface area contributed by atoms with Crippen molar-refractivity contribution in [2.24, 2.45) is 0 Å². The van der Waals surface area contributed by atoms with Gasteiger partial charge in [0.25, 0.3) is 5.91 Å². The first kappa shape index (κ1) is 18.9. The summed E-state index contributed by atoms with van der Waals surface area (Å²) in [7, 11) is 0. The van der Waals surface area contributed by atoms with Crippen molar-refractivity contribution in [1.29, 1.82) is 0 Å². The van der Waals surface area contributed by atoms with Crippen molar-refractivity contribution in [2.75, 3.05) is 34.8 Å². The van der Waals surface area contributed by atoms with Crippen LogP contribution in [0.15, 0.2) is 55.2 Å². The molecule has 0 spiro atoms. The molecule has 2 N–H and O–H groups in total. The first-order chi connectivity index (χ1) is 15.2. The summed E-state index contributed by atoms with van der Waals surface area (Å²) in [4.78, 5) is 41.6. The van der Waals surface area contributed by atoms with E-state index < -0.39 is 0 Å². The average molecular weight is 415 g/mol. The fraction of sp³-hybridized carbons (Fsp3) is 0.238. The molecule has 1 saturated heterocycles. The molecule has 5 heterocycles. The van der Waals surface area contributed by atoms with Crippen LogP contribution in [-0.4, -0.2) is 61.5 Å². The maximum Gasteiger partial charge on any atom is 0.272 e. The molecule has 4 aromatic heterocycles. The van der Waals surface area contributed by atoms with Gasteiger partial charge >= 0.3 is 0 Å². The maximum atomic E-state index is 12.5. The number of piperazine rings is 1. The number of pyridine rings is 1. The van der Waals surface area contributed by atoms with Crippen LogP contribution in [0.25, 0.3) is 11.2 Å². The van der Waals surface area contributed by atoms with Crippen LogP contribution in [0.1, 0.15) is 17.4 Å². The normalized spacial score (nSPS) is 16.5. The van der Waals surface area contributed by atoms with Crippen molar-refractivity contribution in [3.8, 4) is 0 Å². The monoisotopic (exact) mass is 415 g/mol. The number of nitrogens with one attached hydrogen (secondary N) is 2. The Bertz CT molecular complexity index is 1160. The fourth-order valence-electron chi connectivity index (χ4n) is 3.71. The standard InChI is InChI=1S/C21H21N9O/c1-14-13-29(18-4-2-3-5-23-18)8-9-30(14)21-25-11-15(12-26-21)27-20(31)17-10-16-19(28-17)24-7-6-22-16/h2-7,10-12,14H,8-9,13H2,1H3,(H,24,28)(H,27,31)/t14-/m0/s1. The lowest BCUT2D eigenvalue weighted by Crippen LogP contribution is -2.53. The molecule has 1 fully saturated rings. The van der Waals surface area contributed by atoms with Crippen LogP contribution in [0.3, 0.4) is 0 Å². The van der Waals surface area contributed by atoms with Crippen molar-refractivity contribution in [1.82, 2.24) is 29.9 Å². The Kier molecular flexibility index (Phi) is 4.87. The maximum absolute atomic E-state index is 12.5. The van der Waals surface area contributed by atoms with E-state index in [0.717, 1.165) is 25.5 Å². The second-order valence-corrected chi connectivity index (χ2v) is 7.38. The summed E-state index contributed by atoms with van der Waals surface area (Å²) in [5.41, 5.74) is 2.11. The van der Waals surface area contributed by atoms with Crippen LogP contribution in [0, 0.1) is 0 Å². The second-order valence-electron chi connectivity index (χ2n) is 7.38. The number of carbonyl (C=O) groups is 1. The molecule has 0 aliphatic carbocycles. The van der Waals surface area contributed by atoms with E-state index in [1.807, 2.05) is 24.4 Å². The molecule has 1 amide bonds. The number of rotatable bonds is 4. The summed E-state index contributed by atoms with van der Waals surface area (Å²) in [6.07, 6.45) is 8.21. The number of fused-ring (bicyclic) bond motifs is 1. The van der Waals surface area contributed by atoms with Crippen LogP contribution in [0.5, 0.6) is 0 Å². The molecule has 0 unspecified atom stereocenters. The fourth-order valence-corrected chi connectivity index (χ4v) is 3.71. The van der Waals surface area contributed by atoms with Gasteiger partial charge in [-0.1, -0.05) is 6.07 Å². The van der Waals surface area contributed by atoms with Crippen molar-refractivity contribution in [3.05, 3.63) is 60.9 Å². The van der Waals surface area contributed by atoms with Gasteiger partial charge in [-0.15, -0.1) is 0 Å². The highest BCUT2D eigenvalue weighted by Crippen LogP contribution is 2.21. The van der Waals surface area contributed by atoms with Crippen LogP contribution in [0.4, 0.5) is 17.5 Å². The molecule has 0 aromatic carbocycles. The summed E-state index contributed by atoms with van der Waals surface area (Å²) in [5.74, 6) is 1.33. The van der Waals surface area contributed by atoms with Crippen molar-refractivity contribution in [3.63, 3.8) is 0 Å². The minimum absolute atomic E-state index is 0.225. The van der Waals surface area contributed by atoms with Gasteiger partial charge in [-0.2, -0.15) is 0 Å². The lowest BCUT2D eigenvalue weighted by Gasteiger charge is -2.40. The topological polar surface area (TPSA) is 116 Å². The third kappa shape index (κ3) is 3.87. The van der Waals surface area contributed by atoms with Crippen LogP contribution in [-0.2, 0) is 0 Å². The summed E-state index contributed by atoms with van der Waals surface area (Å²) in [6.45, 7) is 4.61. The number of amides is 1. The third-order valence-corrected chi connectivity index (χ3v) is 5.26. The van der Waals surface area contributed by atoms with E-state index in [4.69, 9.17) is 0 Å². The van der Waals surface area contributed by atoms with E-state index in [0.29, 0.717) is 28.5 Å². The Hall–Kier alpha value is -4.08. The SMILES string of the molecule is C[C@H]1CN(c2ccccn2)CCN1c1ncc(NC(=O)c2cc3nccnc3[nH]2)cn1. The largest absolute Gasteiger partial charge is 0.353 e. The van der Waals surface area contributed by atoms with Gasteiger partial charge in [0, 0.05) is 44.3 Å². The van der Waals surface area contributed by atoms with Gasteiger partial charge in [0.2, 0.25) is 5.95 Å². The van der Waals surface area contributed by atoms with Crippen LogP contribution < -0.4 is 15.1 Å². The van der Waals surface area contributed by atoms with Gasteiger partial charge in [0.1, 0.15) is 17.0 Å². The molecule has 4 aromatic rings. The lowest BCUT2D eigenvalue weighted by atomic mass is 10.2. The molecule has 1 atom stereocenters. The molecule has 156 valence electrons. The van der Waals surface area contributed by atoms with E-state index in [-0.39, 0.29) is 11.9 Å². The van der Waals surface area contributed by atoms with Crippen LogP contribution >= 0.6 is 0 Å². The average Bonchev–Trinajstić information content (AvgIpc) is 3.25. The Morgan fingerprint density at radius 2 is 1.90 bits per heavy atom. The predicted octanol–water partition coefficient (Wildman–Crippen LogP) is 2.11. The van der Waals surface area contributed by atoms with Gasteiger partial charge in [0.15, 0.2) is 5.65 Å². The molecular formula is C21H21N9O. The smallest absolute Gasteiger partial charge is 0.272 e. The zero-order valence-electron chi connectivity index (χ0n) is 16.9. The molecule has 5 rings (SSSR count). The van der Waals surface area contributed by atoms with Gasteiger partial charge in [-0.25, -0.2) is 19.9 Å². The Labute approximate surface area is 178 Å². The number of nitrogens with zero attached hydrogens (tertiary/aromatic N) is 7. The molecular weight excluding hydrogens is 394 g/mol. The number of H-pyrrole nitrogens is 1. The number of anilines is 3. The summed E-state index contributed by atoms with van der Waals surface area (Å²) in [6, 6.07) is 7.83. The van der Waals surface area contributed by atoms with E-state index in [1.54, 1.807) is 30.9 Å². The Morgan fingerprint density at radius 1 is 1.06 bits per heavy atom. The van der Waals surface area contributed by atoms with Gasteiger partial charge < -0.3 is 20.1 Å². The molecule has 0 radical (unpaired) electrons. The highest BCUT2D eigenvalue weighted by molar-refractivity contribution is 6.05. The van der Waals surface area contributed by atoms with Crippen LogP contribution in [0.2, 0.25) is 0 Å². The first-order valence-electron chi connectivity index (χ1n) is 10.0. The number of carbonyl (C=O) groups excluding carboxylic acids is 1. The van der Waals surface area contributed by atoms with E-state index in [9.17, 15) is 4.79 Å².